The Morgan fingerprint density at radius 1 is 0.885 bits per heavy atom. The minimum atomic E-state index is -0.945. The summed E-state index contributed by atoms with van der Waals surface area (Å²) in [5.74, 6) is -1.51. The number of rotatable bonds is 2. The van der Waals surface area contributed by atoms with E-state index in [2.05, 4.69) is 16.2 Å². The largest absolute Gasteiger partial charge is 0.296 e. The number of piperidine rings is 1. The van der Waals surface area contributed by atoms with E-state index in [0.717, 1.165) is 0 Å². The van der Waals surface area contributed by atoms with E-state index in [0.29, 0.717) is 24.8 Å². The first-order valence-corrected chi connectivity index (χ1v) is 8.60. The molecule has 0 aromatic heterocycles. The van der Waals surface area contributed by atoms with Gasteiger partial charge in [0.1, 0.15) is 0 Å². The summed E-state index contributed by atoms with van der Waals surface area (Å²) in [6, 6.07) is 8.53. The second-order valence-electron chi connectivity index (χ2n) is 8.27. The number of nitrogens with one attached hydrogen (secondary N) is 3. The summed E-state index contributed by atoms with van der Waals surface area (Å²) in [5, 5.41) is 2.43. The highest BCUT2D eigenvalue weighted by atomic mass is 16.2. The summed E-state index contributed by atoms with van der Waals surface area (Å²) < 4.78 is 0. The fourth-order valence-corrected chi connectivity index (χ4v) is 4.58. The van der Waals surface area contributed by atoms with Crippen molar-refractivity contribution < 1.29 is 19.2 Å². The normalized spacial score (nSPS) is 33.2. The summed E-state index contributed by atoms with van der Waals surface area (Å²) in [7, 11) is 0. The lowest BCUT2D eigenvalue weighted by Crippen LogP contribution is -2.64. The molecule has 26 heavy (non-hydrogen) atoms. The van der Waals surface area contributed by atoms with Gasteiger partial charge in [0, 0.05) is 16.4 Å². The number of carbonyl (C=O) groups excluding carboxylic acids is 4. The Morgan fingerprint density at radius 2 is 1.42 bits per heavy atom. The quantitative estimate of drug-likeness (QED) is 0.548. The molecule has 2 unspecified atom stereocenters. The lowest BCUT2D eigenvalue weighted by molar-refractivity contribution is -0.164. The van der Waals surface area contributed by atoms with E-state index in [1.54, 1.807) is 51.1 Å². The van der Waals surface area contributed by atoms with Gasteiger partial charge in [-0.2, -0.15) is 0 Å². The van der Waals surface area contributed by atoms with E-state index < -0.39 is 28.1 Å². The fourth-order valence-electron chi connectivity index (χ4n) is 4.58. The molecule has 1 saturated carbocycles. The van der Waals surface area contributed by atoms with Gasteiger partial charge in [0.05, 0.1) is 5.41 Å². The highest BCUT2D eigenvalue weighted by Gasteiger charge is 2.60. The number of benzene rings is 1. The molecule has 4 amide bonds. The molecule has 3 N–H and O–H groups in total. The van der Waals surface area contributed by atoms with Crippen molar-refractivity contribution in [1.82, 2.24) is 16.2 Å². The van der Waals surface area contributed by atoms with E-state index in [9.17, 15) is 19.2 Å². The van der Waals surface area contributed by atoms with Gasteiger partial charge in [-0.15, -0.1) is 0 Å². The van der Waals surface area contributed by atoms with Gasteiger partial charge in [0.25, 0.3) is 5.91 Å². The molecule has 1 aliphatic carbocycles. The van der Waals surface area contributed by atoms with Crippen molar-refractivity contribution in [2.24, 2.45) is 16.2 Å². The summed E-state index contributed by atoms with van der Waals surface area (Å²) in [5.41, 5.74) is 2.76. The van der Waals surface area contributed by atoms with Gasteiger partial charge in [-0.3, -0.25) is 35.3 Å². The SMILES string of the molecule is CC1(C(=O)NNC(=O)c2ccccc2)CC2(C)CC(C)(C1)C(=O)NC2=O. The number of fused-ring (bicyclic) bond motifs is 2. The fraction of sp³-hybridized carbons (Fsp3) is 0.474. The predicted octanol–water partition coefficient (Wildman–Crippen LogP) is 1.31. The second-order valence-corrected chi connectivity index (χ2v) is 8.27. The van der Waals surface area contributed by atoms with Crippen LogP contribution in [0.1, 0.15) is 50.4 Å². The van der Waals surface area contributed by atoms with Crippen LogP contribution < -0.4 is 16.2 Å². The number of carbonyl (C=O) groups is 4. The number of imide groups is 1. The molecule has 0 spiro atoms. The van der Waals surface area contributed by atoms with Crippen LogP contribution in [0.25, 0.3) is 0 Å². The molecule has 2 atom stereocenters. The van der Waals surface area contributed by atoms with Crippen LogP contribution in [0.15, 0.2) is 30.3 Å². The average Bonchev–Trinajstić information content (AvgIpc) is 2.58. The lowest BCUT2D eigenvalue weighted by atomic mass is 9.52. The molecule has 7 nitrogen and oxygen atoms in total. The van der Waals surface area contributed by atoms with Crippen molar-refractivity contribution in [2.45, 2.75) is 40.0 Å². The van der Waals surface area contributed by atoms with Crippen molar-refractivity contribution in [2.75, 3.05) is 0 Å². The molecule has 2 fully saturated rings. The Hall–Kier alpha value is -2.70. The molecule has 1 saturated heterocycles. The van der Waals surface area contributed by atoms with E-state index in [4.69, 9.17) is 0 Å². The zero-order valence-electron chi connectivity index (χ0n) is 15.1. The van der Waals surface area contributed by atoms with Crippen molar-refractivity contribution in [1.29, 1.82) is 0 Å². The standard InChI is InChI=1S/C19H23N3O4/c1-17-9-18(2,15(25)20-14(17)24)11-19(3,10-17)16(26)22-21-13(23)12-7-5-4-6-8-12/h4-8H,9-11H2,1-3H3,(H,21,23)(H,22,26)(H,20,24,25). The molecule has 2 bridgehead atoms. The zero-order chi connectivity index (χ0) is 19.2. The number of amides is 4. The number of hydrogen-bond donors (Lipinski definition) is 3. The van der Waals surface area contributed by atoms with Crippen LogP contribution in [0, 0.1) is 16.2 Å². The van der Waals surface area contributed by atoms with Crippen molar-refractivity contribution in [3.8, 4) is 0 Å². The molecule has 1 aromatic carbocycles. The van der Waals surface area contributed by atoms with Gasteiger partial charge >= 0.3 is 0 Å². The van der Waals surface area contributed by atoms with Gasteiger partial charge in [-0.05, 0) is 31.4 Å². The minimum Gasteiger partial charge on any atom is -0.296 e. The predicted molar refractivity (Wildman–Crippen MR) is 93.4 cm³/mol. The second kappa shape index (κ2) is 5.93. The molecule has 0 radical (unpaired) electrons. The summed E-state index contributed by atoms with van der Waals surface area (Å²) in [4.78, 5) is 49.5. The third kappa shape index (κ3) is 2.98. The summed E-state index contributed by atoms with van der Waals surface area (Å²) >= 11 is 0. The molecule has 2 aliphatic rings. The highest BCUT2D eigenvalue weighted by molar-refractivity contribution is 6.04. The lowest BCUT2D eigenvalue weighted by Gasteiger charge is -2.53. The maximum absolute atomic E-state index is 12.8. The first kappa shape index (κ1) is 18.1. The van der Waals surface area contributed by atoms with Crippen LogP contribution in [0.4, 0.5) is 0 Å². The van der Waals surface area contributed by atoms with Crippen molar-refractivity contribution in [3.63, 3.8) is 0 Å². The Morgan fingerprint density at radius 3 is 1.96 bits per heavy atom. The first-order valence-electron chi connectivity index (χ1n) is 8.60. The molecule has 7 heteroatoms. The van der Waals surface area contributed by atoms with Crippen molar-refractivity contribution in [3.05, 3.63) is 35.9 Å². The Labute approximate surface area is 151 Å². The first-order chi connectivity index (χ1) is 12.1. The van der Waals surface area contributed by atoms with Gasteiger partial charge < -0.3 is 0 Å². The van der Waals surface area contributed by atoms with Crippen LogP contribution >= 0.6 is 0 Å². The third-order valence-electron chi connectivity index (χ3n) is 5.54. The zero-order valence-corrected chi connectivity index (χ0v) is 15.1. The Kier molecular flexibility index (Phi) is 4.13. The van der Waals surface area contributed by atoms with Gasteiger partial charge in [-0.25, -0.2) is 0 Å². The molecular weight excluding hydrogens is 334 g/mol. The van der Waals surface area contributed by atoms with Gasteiger partial charge in [0.15, 0.2) is 0 Å². The van der Waals surface area contributed by atoms with Crippen LogP contribution in [0.2, 0.25) is 0 Å². The monoisotopic (exact) mass is 357 g/mol. The van der Waals surface area contributed by atoms with Crippen molar-refractivity contribution >= 4 is 23.6 Å². The Balaban J connectivity index is 1.75. The maximum atomic E-state index is 12.8. The minimum absolute atomic E-state index is 0.307. The van der Waals surface area contributed by atoms with E-state index >= 15 is 0 Å². The topological polar surface area (TPSA) is 104 Å². The smallest absolute Gasteiger partial charge is 0.269 e. The highest BCUT2D eigenvalue weighted by Crippen LogP contribution is 2.56. The van der Waals surface area contributed by atoms with E-state index in [1.165, 1.54) is 0 Å². The molecule has 138 valence electrons. The number of hydrazine groups is 1. The molecule has 3 rings (SSSR count). The average molecular weight is 357 g/mol. The van der Waals surface area contributed by atoms with Crippen LogP contribution in [-0.4, -0.2) is 23.6 Å². The summed E-state index contributed by atoms with van der Waals surface area (Å²) in [6.07, 6.45) is 1.04. The van der Waals surface area contributed by atoms with Gasteiger partial charge in [-0.1, -0.05) is 39.0 Å². The summed E-state index contributed by atoms with van der Waals surface area (Å²) in [6.45, 7) is 5.29. The van der Waals surface area contributed by atoms with Crippen LogP contribution in [0.5, 0.6) is 0 Å². The molecule has 1 aliphatic heterocycles. The van der Waals surface area contributed by atoms with Gasteiger partial charge in [0.2, 0.25) is 17.7 Å². The third-order valence-corrected chi connectivity index (χ3v) is 5.54. The maximum Gasteiger partial charge on any atom is 0.269 e. The molecular formula is C19H23N3O4. The molecule has 1 heterocycles. The van der Waals surface area contributed by atoms with Crippen LogP contribution in [-0.2, 0) is 14.4 Å². The van der Waals surface area contributed by atoms with E-state index in [-0.39, 0.29) is 11.8 Å². The van der Waals surface area contributed by atoms with Crippen LogP contribution in [0.3, 0.4) is 0 Å². The Bertz CT molecular complexity index is 763. The number of hydrogen-bond acceptors (Lipinski definition) is 4. The van der Waals surface area contributed by atoms with E-state index in [1.807, 2.05) is 0 Å². The molecule has 1 aromatic rings.